The van der Waals surface area contributed by atoms with Crippen LogP contribution >= 0.6 is 11.6 Å². The largest absolute Gasteiger partial charge is 0.351 e. The zero-order chi connectivity index (χ0) is 19.5. The molecule has 0 fully saturated rings. The Morgan fingerprint density at radius 1 is 1.00 bits per heavy atom. The molecule has 26 heavy (non-hydrogen) atoms. The highest BCUT2D eigenvalue weighted by Gasteiger charge is 2.36. The highest BCUT2D eigenvalue weighted by molar-refractivity contribution is 6.31. The van der Waals surface area contributed by atoms with E-state index in [0.717, 1.165) is 27.9 Å². The van der Waals surface area contributed by atoms with E-state index < -0.39 is 5.41 Å². The zero-order valence-corrected chi connectivity index (χ0v) is 16.6. The van der Waals surface area contributed by atoms with Crippen molar-refractivity contribution in [2.45, 2.75) is 41.2 Å². The summed E-state index contributed by atoms with van der Waals surface area (Å²) in [6.45, 7) is 9.40. The fourth-order valence-corrected chi connectivity index (χ4v) is 2.99. The molecule has 0 saturated heterocycles. The molecule has 0 radical (unpaired) electrons. The maximum Gasteiger partial charge on any atom is 0.239 e. The van der Waals surface area contributed by atoms with Gasteiger partial charge >= 0.3 is 0 Å². The maximum atomic E-state index is 12.7. The molecular formula is C21H25ClN2O2. The van der Waals surface area contributed by atoms with Crippen LogP contribution in [0.1, 0.15) is 36.1 Å². The molecule has 0 aromatic heterocycles. The lowest BCUT2D eigenvalue weighted by atomic mass is 9.90. The molecule has 2 amide bonds. The minimum Gasteiger partial charge on any atom is -0.351 e. The molecule has 0 aliphatic heterocycles. The van der Waals surface area contributed by atoms with E-state index in [2.05, 4.69) is 10.6 Å². The first-order chi connectivity index (χ1) is 12.1. The smallest absolute Gasteiger partial charge is 0.239 e. The fraction of sp³-hybridized carbons (Fsp3) is 0.333. The Bertz CT molecular complexity index is 821. The van der Waals surface area contributed by atoms with Crippen molar-refractivity contribution >= 4 is 29.1 Å². The molecule has 2 aromatic carbocycles. The first-order valence-corrected chi connectivity index (χ1v) is 8.91. The first kappa shape index (κ1) is 20.0. The molecule has 2 rings (SSSR count). The predicted molar refractivity (Wildman–Crippen MR) is 106 cm³/mol. The lowest BCUT2D eigenvalue weighted by molar-refractivity contribution is -0.138. The number of amides is 2. The Balaban J connectivity index is 2.09. The summed E-state index contributed by atoms with van der Waals surface area (Å²) in [5.74, 6) is -0.693. The van der Waals surface area contributed by atoms with Crippen LogP contribution in [0, 0.1) is 26.2 Å². The number of carbonyl (C=O) groups is 2. The molecule has 5 heteroatoms. The Morgan fingerprint density at radius 3 is 2.15 bits per heavy atom. The number of nitrogens with one attached hydrogen (secondary N) is 2. The van der Waals surface area contributed by atoms with Crippen LogP contribution in [0.5, 0.6) is 0 Å². The van der Waals surface area contributed by atoms with Crippen molar-refractivity contribution in [3.63, 3.8) is 0 Å². The quantitative estimate of drug-likeness (QED) is 0.756. The number of benzene rings is 2. The van der Waals surface area contributed by atoms with E-state index >= 15 is 0 Å². The summed E-state index contributed by atoms with van der Waals surface area (Å²) in [6, 6.07) is 11.3. The van der Waals surface area contributed by atoms with Gasteiger partial charge in [-0.2, -0.15) is 0 Å². The number of anilines is 1. The molecule has 2 aromatic rings. The van der Waals surface area contributed by atoms with Crippen LogP contribution in [0.4, 0.5) is 5.69 Å². The third kappa shape index (κ3) is 4.44. The number of rotatable bonds is 5. The zero-order valence-electron chi connectivity index (χ0n) is 15.9. The Morgan fingerprint density at radius 2 is 1.58 bits per heavy atom. The van der Waals surface area contributed by atoms with Crippen molar-refractivity contribution in [1.29, 1.82) is 0 Å². The number of hydrogen-bond donors (Lipinski definition) is 2. The van der Waals surface area contributed by atoms with Gasteiger partial charge in [0.25, 0.3) is 0 Å². The lowest BCUT2D eigenvalue weighted by Crippen LogP contribution is -2.45. The van der Waals surface area contributed by atoms with E-state index in [1.54, 1.807) is 19.9 Å². The second-order valence-corrected chi connectivity index (χ2v) is 7.53. The third-order valence-electron chi connectivity index (χ3n) is 4.45. The molecule has 0 atom stereocenters. The van der Waals surface area contributed by atoms with Gasteiger partial charge in [-0.3, -0.25) is 9.59 Å². The van der Waals surface area contributed by atoms with Crippen LogP contribution in [0.15, 0.2) is 36.4 Å². The van der Waals surface area contributed by atoms with Gasteiger partial charge in [0.2, 0.25) is 11.8 Å². The molecular weight excluding hydrogens is 348 g/mol. The summed E-state index contributed by atoms with van der Waals surface area (Å²) in [5.41, 5.74) is 3.43. The van der Waals surface area contributed by atoms with Crippen molar-refractivity contribution in [3.8, 4) is 0 Å². The van der Waals surface area contributed by atoms with Gasteiger partial charge in [-0.1, -0.05) is 47.5 Å². The highest BCUT2D eigenvalue weighted by Crippen LogP contribution is 2.25. The van der Waals surface area contributed by atoms with E-state index in [4.69, 9.17) is 11.6 Å². The normalized spacial score (nSPS) is 11.2. The van der Waals surface area contributed by atoms with Crippen LogP contribution < -0.4 is 10.6 Å². The molecule has 4 nitrogen and oxygen atoms in total. The molecule has 0 heterocycles. The number of hydrogen-bond acceptors (Lipinski definition) is 2. The first-order valence-electron chi connectivity index (χ1n) is 8.54. The Hall–Kier alpha value is -2.33. The molecule has 2 N–H and O–H groups in total. The summed E-state index contributed by atoms with van der Waals surface area (Å²) in [5, 5.41) is 6.30. The van der Waals surface area contributed by atoms with Gasteiger partial charge in [-0.25, -0.2) is 0 Å². The molecule has 138 valence electrons. The van der Waals surface area contributed by atoms with Crippen LogP contribution in [0.3, 0.4) is 0 Å². The van der Waals surface area contributed by atoms with Gasteiger partial charge < -0.3 is 10.6 Å². The summed E-state index contributed by atoms with van der Waals surface area (Å²) in [6.07, 6.45) is 0. The maximum absolute atomic E-state index is 12.7. The highest BCUT2D eigenvalue weighted by atomic mass is 35.5. The van der Waals surface area contributed by atoms with Gasteiger partial charge in [0, 0.05) is 17.3 Å². The fourth-order valence-electron chi connectivity index (χ4n) is 2.79. The van der Waals surface area contributed by atoms with Crippen LogP contribution in [0.25, 0.3) is 0 Å². The summed E-state index contributed by atoms with van der Waals surface area (Å²) in [4.78, 5) is 25.3. The molecule has 0 unspecified atom stereocenters. The molecule has 0 spiro atoms. The summed E-state index contributed by atoms with van der Waals surface area (Å²) < 4.78 is 0. The minimum absolute atomic E-state index is 0.276. The van der Waals surface area contributed by atoms with Gasteiger partial charge in [-0.15, -0.1) is 0 Å². The van der Waals surface area contributed by atoms with Gasteiger partial charge in [0.15, 0.2) is 0 Å². The van der Waals surface area contributed by atoms with Crippen molar-refractivity contribution in [3.05, 3.63) is 63.7 Å². The monoisotopic (exact) mass is 372 g/mol. The standard InChI is InChI=1S/C21H25ClN2O2/c1-13-10-14(2)18(15(3)11-13)24-20(26)21(4,5)19(25)23-12-16-8-6-7-9-17(16)22/h6-11H,12H2,1-5H3,(H,23,25)(H,24,26). The van der Waals surface area contributed by atoms with Crippen molar-refractivity contribution in [2.24, 2.45) is 5.41 Å². The van der Waals surface area contributed by atoms with Gasteiger partial charge in [0.1, 0.15) is 5.41 Å². The number of carbonyl (C=O) groups excluding carboxylic acids is 2. The molecule has 0 bridgehead atoms. The average molecular weight is 373 g/mol. The summed E-state index contributed by atoms with van der Waals surface area (Å²) in [7, 11) is 0. The van der Waals surface area contributed by atoms with E-state index in [1.807, 2.05) is 51.1 Å². The minimum atomic E-state index is -1.22. The Kier molecular flexibility index (Phi) is 6.09. The van der Waals surface area contributed by atoms with E-state index in [1.165, 1.54) is 0 Å². The number of aryl methyl sites for hydroxylation is 3. The lowest BCUT2D eigenvalue weighted by Gasteiger charge is -2.24. The van der Waals surface area contributed by atoms with E-state index in [-0.39, 0.29) is 18.4 Å². The second kappa shape index (κ2) is 7.92. The topological polar surface area (TPSA) is 58.2 Å². The number of halogens is 1. The summed E-state index contributed by atoms with van der Waals surface area (Å²) >= 11 is 6.11. The van der Waals surface area contributed by atoms with Crippen LogP contribution in [-0.4, -0.2) is 11.8 Å². The van der Waals surface area contributed by atoms with Crippen LogP contribution in [0.2, 0.25) is 5.02 Å². The van der Waals surface area contributed by atoms with Crippen molar-refractivity contribution < 1.29 is 9.59 Å². The SMILES string of the molecule is Cc1cc(C)c(NC(=O)C(C)(C)C(=O)NCc2ccccc2Cl)c(C)c1. The third-order valence-corrected chi connectivity index (χ3v) is 4.82. The molecule has 0 saturated carbocycles. The van der Waals surface area contributed by atoms with E-state index in [9.17, 15) is 9.59 Å². The van der Waals surface area contributed by atoms with Crippen molar-refractivity contribution in [2.75, 3.05) is 5.32 Å². The molecule has 0 aliphatic rings. The van der Waals surface area contributed by atoms with Gasteiger partial charge in [-0.05, 0) is 57.4 Å². The second-order valence-electron chi connectivity index (χ2n) is 7.13. The predicted octanol–water partition coefficient (Wildman–Crippen LogP) is 4.55. The average Bonchev–Trinajstić information content (AvgIpc) is 2.56. The van der Waals surface area contributed by atoms with Crippen LogP contribution in [-0.2, 0) is 16.1 Å². The van der Waals surface area contributed by atoms with Gasteiger partial charge in [0.05, 0.1) is 0 Å². The van der Waals surface area contributed by atoms with E-state index in [0.29, 0.717) is 5.02 Å². The Labute approximate surface area is 159 Å². The molecule has 0 aliphatic carbocycles. The van der Waals surface area contributed by atoms with Crippen molar-refractivity contribution in [1.82, 2.24) is 5.32 Å².